The molecule has 140 valence electrons. The first kappa shape index (κ1) is 19.6. The molecule has 0 aromatic heterocycles. The second kappa shape index (κ2) is 11.0. The molecule has 0 amide bonds. The lowest BCUT2D eigenvalue weighted by atomic mass is 10.0. The van der Waals surface area contributed by atoms with Crippen molar-refractivity contribution >= 4 is 5.96 Å². The number of ether oxygens (including phenoxy) is 2. The van der Waals surface area contributed by atoms with Crippen LogP contribution in [-0.4, -0.2) is 51.5 Å². The first-order chi connectivity index (χ1) is 12.8. The van der Waals surface area contributed by atoms with Gasteiger partial charge in [-0.05, 0) is 17.7 Å². The number of methoxy groups -OCH3 is 1. The van der Waals surface area contributed by atoms with Crippen molar-refractivity contribution in [3.63, 3.8) is 0 Å². The van der Waals surface area contributed by atoms with Crippen LogP contribution in [0.2, 0.25) is 0 Å². The van der Waals surface area contributed by atoms with Gasteiger partial charge in [-0.15, -0.1) is 0 Å². The molecule has 0 heterocycles. The van der Waals surface area contributed by atoms with Crippen molar-refractivity contribution in [1.29, 1.82) is 0 Å². The van der Waals surface area contributed by atoms with Gasteiger partial charge in [0.05, 0.1) is 20.3 Å². The highest BCUT2D eigenvalue weighted by Crippen LogP contribution is 2.18. The summed E-state index contributed by atoms with van der Waals surface area (Å²) in [4.78, 5) is 4.20. The van der Waals surface area contributed by atoms with Crippen molar-refractivity contribution in [3.05, 3.63) is 60.2 Å². The maximum Gasteiger partial charge on any atom is 0.191 e. The summed E-state index contributed by atoms with van der Waals surface area (Å²) < 4.78 is 10.9. The van der Waals surface area contributed by atoms with E-state index in [4.69, 9.17) is 9.47 Å². The standard InChI is InChI=1S/C20H27N3O3/c1-21-20(23-14-17(15-24)16-7-4-3-5-8-16)22-11-12-26-19-10-6-9-18(13-19)25-2/h3-10,13,17,24H,11-12,14-15H2,1-2H3,(H2,21,22,23). The molecule has 0 saturated carbocycles. The Labute approximate surface area is 154 Å². The van der Waals surface area contributed by atoms with E-state index in [0.717, 1.165) is 17.1 Å². The number of hydrogen-bond donors (Lipinski definition) is 3. The number of nitrogens with zero attached hydrogens (tertiary/aromatic N) is 1. The Kier molecular flexibility index (Phi) is 8.29. The van der Waals surface area contributed by atoms with Gasteiger partial charge >= 0.3 is 0 Å². The van der Waals surface area contributed by atoms with Crippen LogP contribution < -0.4 is 20.1 Å². The highest BCUT2D eigenvalue weighted by Gasteiger charge is 2.10. The maximum atomic E-state index is 9.62. The molecule has 0 aliphatic carbocycles. The van der Waals surface area contributed by atoms with Crippen LogP contribution in [0.25, 0.3) is 0 Å². The van der Waals surface area contributed by atoms with Gasteiger partial charge in [-0.1, -0.05) is 36.4 Å². The third-order valence-corrected chi connectivity index (χ3v) is 3.94. The SMILES string of the molecule is CN=C(NCCOc1cccc(OC)c1)NCC(CO)c1ccccc1. The summed E-state index contributed by atoms with van der Waals surface area (Å²) >= 11 is 0. The molecule has 0 radical (unpaired) electrons. The summed E-state index contributed by atoms with van der Waals surface area (Å²) in [5.74, 6) is 2.22. The van der Waals surface area contributed by atoms with E-state index in [0.29, 0.717) is 25.7 Å². The van der Waals surface area contributed by atoms with E-state index in [2.05, 4.69) is 15.6 Å². The zero-order valence-electron chi connectivity index (χ0n) is 15.3. The molecule has 0 aliphatic rings. The van der Waals surface area contributed by atoms with Crippen LogP contribution in [0.5, 0.6) is 11.5 Å². The van der Waals surface area contributed by atoms with E-state index in [1.807, 2.05) is 54.6 Å². The fourth-order valence-electron chi connectivity index (χ4n) is 2.48. The van der Waals surface area contributed by atoms with E-state index in [1.54, 1.807) is 14.2 Å². The number of aliphatic hydroxyl groups is 1. The smallest absolute Gasteiger partial charge is 0.191 e. The molecule has 0 bridgehead atoms. The Morgan fingerprint density at radius 3 is 2.54 bits per heavy atom. The molecule has 0 aliphatic heterocycles. The normalized spacial score (nSPS) is 12.3. The van der Waals surface area contributed by atoms with Crippen molar-refractivity contribution in [2.24, 2.45) is 4.99 Å². The molecule has 2 rings (SSSR count). The number of benzene rings is 2. The number of guanidine groups is 1. The minimum absolute atomic E-state index is 0.0165. The third kappa shape index (κ3) is 6.29. The lowest BCUT2D eigenvalue weighted by Gasteiger charge is -2.18. The topological polar surface area (TPSA) is 75.1 Å². The molecule has 0 spiro atoms. The van der Waals surface area contributed by atoms with Gasteiger partial charge in [0.15, 0.2) is 5.96 Å². The monoisotopic (exact) mass is 357 g/mol. The summed E-state index contributed by atoms with van der Waals surface area (Å²) in [6.45, 7) is 1.77. The van der Waals surface area contributed by atoms with Crippen LogP contribution in [0, 0.1) is 0 Å². The van der Waals surface area contributed by atoms with Gasteiger partial charge in [0.2, 0.25) is 0 Å². The van der Waals surface area contributed by atoms with Crippen LogP contribution in [0.3, 0.4) is 0 Å². The number of rotatable bonds is 9. The van der Waals surface area contributed by atoms with Crippen LogP contribution in [-0.2, 0) is 0 Å². The van der Waals surface area contributed by atoms with Crippen LogP contribution in [0.1, 0.15) is 11.5 Å². The third-order valence-electron chi connectivity index (χ3n) is 3.94. The van der Waals surface area contributed by atoms with Gasteiger partial charge in [-0.25, -0.2) is 0 Å². The predicted molar refractivity (Wildman–Crippen MR) is 104 cm³/mol. The average Bonchev–Trinajstić information content (AvgIpc) is 2.71. The van der Waals surface area contributed by atoms with Crippen molar-refractivity contribution in [2.75, 3.05) is 40.5 Å². The molecular formula is C20H27N3O3. The first-order valence-electron chi connectivity index (χ1n) is 8.64. The first-order valence-corrected chi connectivity index (χ1v) is 8.64. The van der Waals surface area contributed by atoms with Crippen molar-refractivity contribution < 1.29 is 14.6 Å². The fraction of sp³-hybridized carbons (Fsp3) is 0.350. The van der Waals surface area contributed by atoms with Gasteiger partial charge in [0.25, 0.3) is 0 Å². The molecule has 0 saturated heterocycles. The van der Waals surface area contributed by atoms with Gasteiger partial charge in [-0.3, -0.25) is 4.99 Å². The molecular weight excluding hydrogens is 330 g/mol. The highest BCUT2D eigenvalue weighted by atomic mass is 16.5. The average molecular weight is 357 g/mol. The summed E-state index contributed by atoms with van der Waals surface area (Å²) in [5, 5.41) is 16.1. The van der Waals surface area contributed by atoms with E-state index < -0.39 is 0 Å². The van der Waals surface area contributed by atoms with Crippen molar-refractivity contribution in [3.8, 4) is 11.5 Å². The van der Waals surface area contributed by atoms with Gasteiger partial charge in [-0.2, -0.15) is 0 Å². The lowest BCUT2D eigenvalue weighted by molar-refractivity contribution is 0.265. The quantitative estimate of drug-likeness (QED) is 0.364. The van der Waals surface area contributed by atoms with Crippen molar-refractivity contribution in [2.45, 2.75) is 5.92 Å². The summed E-state index contributed by atoms with van der Waals surface area (Å²) in [5.41, 5.74) is 1.10. The number of aliphatic imine (C=N–C) groups is 1. The Morgan fingerprint density at radius 2 is 1.85 bits per heavy atom. The summed E-state index contributed by atoms with van der Waals surface area (Å²) in [6.07, 6.45) is 0. The van der Waals surface area contributed by atoms with Crippen LogP contribution in [0.4, 0.5) is 0 Å². The number of hydrogen-bond acceptors (Lipinski definition) is 4. The minimum atomic E-state index is 0.0165. The maximum absolute atomic E-state index is 9.62. The zero-order valence-corrected chi connectivity index (χ0v) is 15.3. The molecule has 1 unspecified atom stereocenters. The van der Waals surface area contributed by atoms with Crippen LogP contribution >= 0.6 is 0 Å². The molecule has 3 N–H and O–H groups in total. The number of nitrogens with one attached hydrogen (secondary N) is 2. The Hall–Kier alpha value is -2.73. The fourth-order valence-corrected chi connectivity index (χ4v) is 2.48. The molecule has 6 nitrogen and oxygen atoms in total. The second-order valence-electron chi connectivity index (χ2n) is 5.70. The predicted octanol–water partition coefficient (Wildman–Crippen LogP) is 2.02. The van der Waals surface area contributed by atoms with E-state index in [1.165, 1.54) is 0 Å². The second-order valence-corrected chi connectivity index (χ2v) is 5.70. The largest absolute Gasteiger partial charge is 0.497 e. The molecule has 1 atom stereocenters. The number of aliphatic hydroxyl groups excluding tert-OH is 1. The van der Waals surface area contributed by atoms with Crippen molar-refractivity contribution in [1.82, 2.24) is 10.6 Å². The molecule has 0 fully saturated rings. The molecule has 2 aromatic carbocycles. The zero-order chi connectivity index (χ0) is 18.6. The molecule has 2 aromatic rings. The summed E-state index contributed by atoms with van der Waals surface area (Å²) in [6, 6.07) is 17.4. The van der Waals surface area contributed by atoms with Gasteiger partial charge < -0.3 is 25.2 Å². The highest BCUT2D eigenvalue weighted by molar-refractivity contribution is 5.79. The lowest BCUT2D eigenvalue weighted by Crippen LogP contribution is -2.41. The van der Waals surface area contributed by atoms with E-state index >= 15 is 0 Å². The van der Waals surface area contributed by atoms with Gasteiger partial charge in [0, 0.05) is 25.6 Å². The summed E-state index contributed by atoms with van der Waals surface area (Å²) in [7, 11) is 3.35. The van der Waals surface area contributed by atoms with E-state index in [-0.39, 0.29) is 12.5 Å². The molecule has 6 heteroatoms. The Bertz CT molecular complexity index is 677. The Morgan fingerprint density at radius 1 is 1.08 bits per heavy atom. The Balaban J connectivity index is 1.73. The van der Waals surface area contributed by atoms with Crippen LogP contribution in [0.15, 0.2) is 59.6 Å². The molecule has 26 heavy (non-hydrogen) atoms. The minimum Gasteiger partial charge on any atom is -0.497 e. The van der Waals surface area contributed by atoms with E-state index in [9.17, 15) is 5.11 Å². The van der Waals surface area contributed by atoms with Gasteiger partial charge in [0.1, 0.15) is 18.1 Å².